The van der Waals surface area contributed by atoms with E-state index in [4.69, 9.17) is 0 Å². The van der Waals surface area contributed by atoms with Crippen molar-refractivity contribution in [2.75, 3.05) is 11.4 Å². The summed E-state index contributed by atoms with van der Waals surface area (Å²) in [6.45, 7) is 2.50. The molecule has 7 heteroatoms. The van der Waals surface area contributed by atoms with Crippen LogP contribution < -0.4 is 4.90 Å². The van der Waals surface area contributed by atoms with Gasteiger partial charge in [-0.1, -0.05) is 6.92 Å². The van der Waals surface area contributed by atoms with E-state index in [2.05, 4.69) is 4.98 Å². The number of rotatable bonds is 3. The van der Waals surface area contributed by atoms with E-state index in [1.807, 2.05) is 6.92 Å². The zero-order chi connectivity index (χ0) is 14.0. The molecule has 0 bridgehead atoms. The molecule has 0 aliphatic carbocycles. The molecule has 1 aromatic rings. The van der Waals surface area contributed by atoms with Gasteiger partial charge in [0.15, 0.2) is 0 Å². The molecule has 1 fully saturated rings. The Morgan fingerprint density at radius 1 is 1.58 bits per heavy atom. The molecule has 2 rings (SSSR count). The van der Waals surface area contributed by atoms with Crippen molar-refractivity contribution in [3.8, 4) is 0 Å². The van der Waals surface area contributed by atoms with Gasteiger partial charge in [0.1, 0.15) is 18.1 Å². The second-order valence-electron chi connectivity index (χ2n) is 4.73. The number of carboxylic acid groups (broad SMARTS) is 1. The SMILES string of the molecule is CC1CCCN(c2ccc([N+](=O)[O-])cn2)C1C(=O)O. The molecule has 1 aliphatic heterocycles. The molecule has 0 radical (unpaired) electrons. The topological polar surface area (TPSA) is 96.6 Å². The average molecular weight is 265 g/mol. The lowest BCUT2D eigenvalue weighted by atomic mass is 9.91. The third-order valence-electron chi connectivity index (χ3n) is 3.42. The molecular weight excluding hydrogens is 250 g/mol. The van der Waals surface area contributed by atoms with Crippen molar-refractivity contribution < 1.29 is 14.8 Å². The Morgan fingerprint density at radius 3 is 2.84 bits per heavy atom. The van der Waals surface area contributed by atoms with Gasteiger partial charge >= 0.3 is 5.97 Å². The van der Waals surface area contributed by atoms with Crippen LogP contribution in [0, 0.1) is 16.0 Å². The first-order chi connectivity index (χ1) is 9.00. The van der Waals surface area contributed by atoms with E-state index in [0.29, 0.717) is 12.4 Å². The minimum Gasteiger partial charge on any atom is -0.480 e. The number of piperidine rings is 1. The van der Waals surface area contributed by atoms with Gasteiger partial charge in [0.25, 0.3) is 5.69 Å². The minimum atomic E-state index is -0.882. The summed E-state index contributed by atoms with van der Waals surface area (Å²) in [5, 5.41) is 19.9. The fourth-order valence-electron chi connectivity index (χ4n) is 2.48. The van der Waals surface area contributed by atoms with Gasteiger partial charge in [-0.05, 0) is 24.8 Å². The Bertz CT molecular complexity index is 488. The number of carboxylic acids is 1. The maximum Gasteiger partial charge on any atom is 0.326 e. The molecule has 2 atom stereocenters. The van der Waals surface area contributed by atoms with Crippen molar-refractivity contribution in [2.24, 2.45) is 5.92 Å². The predicted octanol–water partition coefficient (Wildman–Crippen LogP) is 1.68. The molecule has 7 nitrogen and oxygen atoms in total. The zero-order valence-electron chi connectivity index (χ0n) is 10.5. The Kier molecular flexibility index (Phi) is 3.64. The molecule has 0 aromatic carbocycles. The highest BCUT2D eigenvalue weighted by Gasteiger charge is 2.35. The van der Waals surface area contributed by atoms with Crippen molar-refractivity contribution in [3.05, 3.63) is 28.4 Å². The van der Waals surface area contributed by atoms with Crippen molar-refractivity contribution >= 4 is 17.5 Å². The maximum absolute atomic E-state index is 11.3. The summed E-state index contributed by atoms with van der Waals surface area (Å²) in [5.41, 5.74) is -0.0966. The van der Waals surface area contributed by atoms with Crippen LogP contribution in [0.3, 0.4) is 0 Å². The molecule has 0 saturated carbocycles. The van der Waals surface area contributed by atoms with Gasteiger partial charge in [0, 0.05) is 12.6 Å². The zero-order valence-corrected chi connectivity index (χ0v) is 10.5. The van der Waals surface area contributed by atoms with Crippen LogP contribution in [0.25, 0.3) is 0 Å². The average Bonchev–Trinajstić information content (AvgIpc) is 2.38. The van der Waals surface area contributed by atoms with Crippen LogP contribution in [0.4, 0.5) is 11.5 Å². The molecule has 1 saturated heterocycles. The fourth-order valence-corrected chi connectivity index (χ4v) is 2.48. The van der Waals surface area contributed by atoms with Crippen molar-refractivity contribution in [2.45, 2.75) is 25.8 Å². The van der Waals surface area contributed by atoms with Crippen LogP contribution in [-0.2, 0) is 4.79 Å². The smallest absolute Gasteiger partial charge is 0.326 e. The predicted molar refractivity (Wildman–Crippen MR) is 68.1 cm³/mol. The molecular formula is C12H15N3O4. The number of hydrogen-bond acceptors (Lipinski definition) is 5. The molecule has 0 spiro atoms. The summed E-state index contributed by atoms with van der Waals surface area (Å²) in [7, 11) is 0. The van der Waals surface area contributed by atoms with E-state index < -0.39 is 16.9 Å². The number of nitro groups is 1. The molecule has 2 heterocycles. The number of pyridine rings is 1. The highest BCUT2D eigenvalue weighted by Crippen LogP contribution is 2.28. The summed E-state index contributed by atoms with van der Waals surface area (Å²) >= 11 is 0. The van der Waals surface area contributed by atoms with Gasteiger partial charge in [-0.25, -0.2) is 9.78 Å². The summed E-state index contributed by atoms with van der Waals surface area (Å²) in [6.07, 6.45) is 2.91. The molecule has 0 amide bonds. The highest BCUT2D eigenvalue weighted by atomic mass is 16.6. The number of nitrogens with zero attached hydrogens (tertiary/aromatic N) is 3. The Hall–Kier alpha value is -2.18. The van der Waals surface area contributed by atoms with Crippen molar-refractivity contribution in [1.82, 2.24) is 4.98 Å². The van der Waals surface area contributed by atoms with Crippen LogP contribution >= 0.6 is 0 Å². The normalized spacial score (nSPS) is 23.1. The van der Waals surface area contributed by atoms with Gasteiger partial charge in [-0.3, -0.25) is 10.1 Å². The van der Waals surface area contributed by atoms with Crippen LogP contribution in [0.5, 0.6) is 0 Å². The van der Waals surface area contributed by atoms with Gasteiger partial charge < -0.3 is 10.0 Å². The largest absolute Gasteiger partial charge is 0.480 e. The lowest BCUT2D eigenvalue weighted by Crippen LogP contribution is -2.49. The van der Waals surface area contributed by atoms with Crippen molar-refractivity contribution in [3.63, 3.8) is 0 Å². The lowest BCUT2D eigenvalue weighted by Gasteiger charge is -2.37. The first kappa shape index (κ1) is 13.3. The highest BCUT2D eigenvalue weighted by molar-refractivity contribution is 5.78. The Morgan fingerprint density at radius 2 is 2.32 bits per heavy atom. The fraction of sp³-hybridized carbons (Fsp3) is 0.500. The van der Waals surface area contributed by atoms with Gasteiger partial charge in [-0.15, -0.1) is 0 Å². The number of hydrogen-bond donors (Lipinski definition) is 1. The number of aromatic nitrogens is 1. The number of aliphatic carboxylic acids is 1. The quantitative estimate of drug-likeness (QED) is 0.659. The molecule has 1 N–H and O–H groups in total. The molecule has 1 aromatic heterocycles. The second-order valence-corrected chi connectivity index (χ2v) is 4.73. The van der Waals surface area contributed by atoms with E-state index in [1.165, 1.54) is 12.1 Å². The second kappa shape index (κ2) is 5.21. The third kappa shape index (κ3) is 2.64. The van der Waals surface area contributed by atoms with Crippen LogP contribution in [0.1, 0.15) is 19.8 Å². The maximum atomic E-state index is 11.3. The molecule has 102 valence electrons. The van der Waals surface area contributed by atoms with Crippen LogP contribution in [0.15, 0.2) is 18.3 Å². The monoisotopic (exact) mass is 265 g/mol. The molecule has 2 unspecified atom stereocenters. The third-order valence-corrected chi connectivity index (χ3v) is 3.42. The summed E-state index contributed by atoms with van der Waals surface area (Å²) < 4.78 is 0. The minimum absolute atomic E-state index is 0.0308. The summed E-state index contributed by atoms with van der Waals surface area (Å²) in [6, 6.07) is 2.23. The van der Waals surface area contributed by atoms with Crippen LogP contribution in [0.2, 0.25) is 0 Å². The van der Waals surface area contributed by atoms with E-state index in [0.717, 1.165) is 19.0 Å². The molecule has 1 aliphatic rings. The van der Waals surface area contributed by atoms with E-state index in [-0.39, 0.29) is 11.6 Å². The summed E-state index contributed by atoms with van der Waals surface area (Å²) in [4.78, 5) is 27.1. The van der Waals surface area contributed by atoms with E-state index in [1.54, 1.807) is 4.90 Å². The van der Waals surface area contributed by atoms with Crippen molar-refractivity contribution in [1.29, 1.82) is 0 Å². The summed E-state index contributed by atoms with van der Waals surface area (Å²) in [5.74, 6) is -0.375. The Balaban J connectivity index is 2.27. The number of carbonyl (C=O) groups is 1. The van der Waals surface area contributed by atoms with E-state index >= 15 is 0 Å². The standard InChI is InChI=1S/C12H15N3O4/c1-8-3-2-6-14(11(8)12(16)17)10-5-4-9(7-13-10)15(18)19/h4-5,7-8,11H,2-3,6H2,1H3,(H,16,17). The van der Waals surface area contributed by atoms with Gasteiger partial charge in [-0.2, -0.15) is 0 Å². The lowest BCUT2D eigenvalue weighted by molar-refractivity contribution is -0.385. The molecule has 19 heavy (non-hydrogen) atoms. The Labute approximate surface area is 110 Å². The number of anilines is 1. The first-order valence-electron chi connectivity index (χ1n) is 6.10. The van der Waals surface area contributed by atoms with Gasteiger partial charge in [0.05, 0.1) is 4.92 Å². The van der Waals surface area contributed by atoms with Gasteiger partial charge in [0.2, 0.25) is 0 Å². The van der Waals surface area contributed by atoms with Crippen LogP contribution in [-0.4, -0.2) is 33.6 Å². The van der Waals surface area contributed by atoms with E-state index in [9.17, 15) is 20.0 Å². The first-order valence-corrected chi connectivity index (χ1v) is 6.10.